The van der Waals surface area contributed by atoms with Gasteiger partial charge in [0.25, 0.3) is 0 Å². The molecule has 4 heteroatoms. The van der Waals surface area contributed by atoms with Gasteiger partial charge in [0.1, 0.15) is 5.60 Å². The maximum absolute atomic E-state index is 11.7. The molecule has 0 bridgehead atoms. The molecule has 0 aliphatic rings. The fourth-order valence-electron chi connectivity index (χ4n) is 1.65. The molecule has 118 valence electrons. The fraction of sp³-hybridized carbons (Fsp3) is 0.444. The number of rotatable bonds is 7. The van der Waals surface area contributed by atoms with Crippen LogP contribution in [0.5, 0.6) is 0 Å². The molecule has 0 N–H and O–H groups in total. The second kappa shape index (κ2) is 9.01. The first kappa shape index (κ1) is 17.9. The maximum atomic E-state index is 11.7. The van der Waals surface area contributed by atoms with Gasteiger partial charge in [-0.25, -0.2) is 0 Å². The van der Waals surface area contributed by atoms with Crippen LogP contribution in [0.3, 0.4) is 0 Å². The number of ketones is 1. The highest BCUT2D eigenvalue weighted by Gasteiger charge is 2.15. The molecule has 4 nitrogen and oxygen atoms in total. The molecule has 0 saturated carbocycles. The number of hydrogen-bond acceptors (Lipinski definition) is 4. The summed E-state index contributed by atoms with van der Waals surface area (Å²) in [5.41, 5.74) is 0.357. The summed E-state index contributed by atoms with van der Waals surface area (Å²) in [5, 5.41) is 0. The number of carbonyl (C=O) groups is 2. The average molecular weight is 302 g/mol. The molecule has 1 rings (SSSR count). The molecule has 22 heavy (non-hydrogen) atoms. The first-order valence-corrected chi connectivity index (χ1v) is 7.23. The van der Waals surface area contributed by atoms with Gasteiger partial charge < -0.3 is 9.47 Å². The van der Waals surface area contributed by atoms with Crippen LogP contribution in [0.15, 0.2) is 30.3 Å². The van der Waals surface area contributed by atoms with E-state index >= 15 is 0 Å². The number of benzene rings is 1. The highest BCUT2D eigenvalue weighted by atomic mass is 16.5. The quantitative estimate of drug-likeness (QED) is 0.441. The van der Waals surface area contributed by atoms with E-state index in [2.05, 4.69) is 16.6 Å². The third kappa shape index (κ3) is 7.61. The van der Waals surface area contributed by atoms with E-state index in [-0.39, 0.29) is 24.6 Å². The van der Waals surface area contributed by atoms with Crippen LogP contribution >= 0.6 is 0 Å². The van der Waals surface area contributed by atoms with Gasteiger partial charge in [0.15, 0.2) is 0 Å². The van der Waals surface area contributed by atoms with E-state index in [1.165, 1.54) is 7.11 Å². The molecule has 0 heterocycles. The summed E-state index contributed by atoms with van der Waals surface area (Å²) in [6.45, 7) is 4.09. The van der Waals surface area contributed by atoms with Crippen molar-refractivity contribution >= 4 is 11.8 Å². The average Bonchev–Trinajstić information content (AvgIpc) is 2.52. The van der Waals surface area contributed by atoms with Crippen LogP contribution in [0.25, 0.3) is 0 Å². The molecule has 0 aliphatic carbocycles. The fourth-order valence-corrected chi connectivity index (χ4v) is 1.65. The molecule has 0 amide bonds. The highest BCUT2D eigenvalue weighted by Crippen LogP contribution is 2.12. The van der Waals surface area contributed by atoms with Crippen molar-refractivity contribution < 1.29 is 19.1 Å². The van der Waals surface area contributed by atoms with Gasteiger partial charge >= 0.3 is 5.97 Å². The summed E-state index contributed by atoms with van der Waals surface area (Å²) in [7, 11) is 1.33. The van der Waals surface area contributed by atoms with Crippen molar-refractivity contribution in [2.24, 2.45) is 0 Å². The summed E-state index contributed by atoms with van der Waals surface area (Å²) in [6.07, 6.45) is 0.931. The predicted molar refractivity (Wildman–Crippen MR) is 84.0 cm³/mol. The van der Waals surface area contributed by atoms with Crippen molar-refractivity contribution in [1.29, 1.82) is 0 Å². The minimum Gasteiger partial charge on any atom is -0.469 e. The van der Waals surface area contributed by atoms with Crippen LogP contribution in [-0.2, 0) is 25.7 Å². The van der Waals surface area contributed by atoms with Crippen LogP contribution in [0.1, 0.15) is 38.7 Å². The Balaban J connectivity index is 2.40. The number of carbonyl (C=O) groups excluding carboxylic acids is 2. The summed E-state index contributed by atoms with van der Waals surface area (Å²) in [6, 6.07) is 9.79. The monoisotopic (exact) mass is 302 g/mol. The van der Waals surface area contributed by atoms with Gasteiger partial charge in [-0.1, -0.05) is 36.3 Å². The van der Waals surface area contributed by atoms with Gasteiger partial charge in [-0.05, 0) is 31.8 Å². The van der Waals surface area contributed by atoms with E-state index in [1.807, 2.05) is 44.2 Å². The van der Waals surface area contributed by atoms with Gasteiger partial charge in [0, 0.05) is 12.8 Å². The zero-order valence-corrected chi connectivity index (χ0v) is 13.3. The first-order valence-electron chi connectivity index (χ1n) is 7.23. The largest absolute Gasteiger partial charge is 0.469 e. The maximum Gasteiger partial charge on any atom is 0.305 e. The van der Waals surface area contributed by atoms with Gasteiger partial charge in [-0.3, -0.25) is 9.59 Å². The number of ether oxygens (including phenoxy) is 2. The molecule has 0 aliphatic heterocycles. The SMILES string of the molecule is COC(=O)CCCC(=O)C#CC(C)(C)OCc1ccccc1. The van der Waals surface area contributed by atoms with Gasteiger partial charge in [-0.15, -0.1) is 0 Å². The summed E-state index contributed by atoms with van der Waals surface area (Å²) in [4.78, 5) is 22.6. The van der Waals surface area contributed by atoms with Crippen molar-refractivity contribution in [3.8, 4) is 11.8 Å². The molecular weight excluding hydrogens is 280 g/mol. The summed E-state index contributed by atoms with van der Waals surface area (Å²) < 4.78 is 10.2. The Labute approximate surface area is 131 Å². The minimum absolute atomic E-state index is 0.194. The smallest absolute Gasteiger partial charge is 0.305 e. The lowest BCUT2D eigenvalue weighted by Gasteiger charge is -2.18. The third-order valence-electron chi connectivity index (χ3n) is 2.96. The molecule has 1 aromatic rings. The highest BCUT2D eigenvalue weighted by molar-refractivity contribution is 5.95. The third-order valence-corrected chi connectivity index (χ3v) is 2.96. The minimum atomic E-state index is -0.701. The van der Waals surface area contributed by atoms with Crippen molar-refractivity contribution in [3.63, 3.8) is 0 Å². The molecule has 0 unspecified atom stereocenters. The Morgan fingerprint density at radius 2 is 1.82 bits per heavy atom. The lowest BCUT2D eigenvalue weighted by atomic mass is 10.1. The lowest BCUT2D eigenvalue weighted by Crippen LogP contribution is -2.22. The van der Waals surface area contributed by atoms with E-state index < -0.39 is 5.60 Å². The van der Waals surface area contributed by atoms with E-state index in [0.717, 1.165) is 5.56 Å². The Bertz CT molecular complexity index is 549. The lowest BCUT2D eigenvalue weighted by molar-refractivity contribution is -0.140. The van der Waals surface area contributed by atoms with E-state index in [1.54, 1.807) is 0 Å². The van der Waals surface area contributed by atoms with Crippen LogP contribution in [-0.4, -0.2) is 24.5 Å². The number of esters is 1. The normalized spacial score (nSPS) is 10.5. The molecule has 0 fully saturated rings. The summed E-state index contributed by atoms with van der Waals surface area (Å²) >= 11 is 0. The standard InChI is InChI=1S/C18H22O4/c1-18(2,22-14-15-8-5-4-6-9-15)13-12-16(19)10-7-11-17(20)21-3/h4-6,8-9H,7,10-11,14H2,1-3H3. The van der Waals surface area contributed by atoms with E-state index in [0.29, 0.717) is 13.0 Å². The first-order chi connectivity index (χ1) is 10.4. The number of hydrogen-bond donors (Lipinski definition) is 0. The van der Waals surface area contributed by atoms with Crippen LogP contribution in [0.2, 0.25) is 0 Å². The van der Waals surface area contributed by atoms with Crippen LogP contribution in [0, 0.1) is 11.8 Å². The molecule has 0 atom stereocenters. The number of Topliss-reactive ketones (excluding diaryl/α,β-unsaturated/α-hetero) is 1. The Kier molecular flexibility index (Phi) is 7.34. The van der Waals surface area contributed by atoms with Crippen molar-refractivity contribution in [2.45, 2.75) is 45.3 Å². The van der Waals surface area contributed by atoms with Gasteiger partial charge in [0.2, 0.25) is 5.78 Å². The molecule has 0 aromatic heterocycles. The zero-order chi connectivity index (χ0) is 16.4. The molecule has 1 aromatic carbocycles. The van der Waals surface area contributed by atoms with Crippen molar-refractivity contribution in [1.82, 2.24) is 0 Å². The zero-order valence-electron chi connectivity index (χ0n) is 13.3. The van der Waals surface area contributed by atoms with Crippen molar-refractivity contribution in [2.75, 3.05) is 7.11 Å². The Morgan fingerprint density at radius 3 is 2.45 bits per heavy atom. The van der Waals surface area contributed by atoms with E-state index in [4.69, 9.17) is 4.74 Å². The van der Waals surface area contributed by atoms with Gasteiger partial charge in [-0.2, -0.15) is 0 Å². The van der Waals surface area contributed by atoms with E-state index in [9.17, 15) is 9.59 Å². The second-order valence-corrected chi connectivity index (χ2v) is 5.39. The van der Waals surface area contributed by atoms with Crippen molar-refractivity contribution in [3.05, 3.63) is 35.9 Å². The van der Waals surface area contributed by atoms with Gasteiger partial charge in [0.05, 0.1) is 13.7 Å². The predicted octanol–water partition coefficient (Wildman–Crippen LogP) is 2.90. The van der Waals surface area contributed by atoms with Crippen LogP contribution in [0.4, 0.5) is 0 Å². The number of methoxy groups -OCH3 is 1. The summed E-state index contributed by atoms with van der Waals surface area (Å²) in [5.74, 6) is 4.92. The van der Waals surface area contributed by atoms with Crippen LogP contribution < -0.4 is 0 Å². The molecular formula is C18H22O4. The Hall–Kier alpha value is -2.12. The topological polar surface area (TPSA) is 52.6 Å². The molecule has 0 spiro atoms. The second-order valence-electron chi connectivity index (χ2n) is 5.39. The Morgan fingerprint density at radius 1 is 1.14 bits per heavy atom. The molecule has 0 saturated heterocycles. The molecule has 0 radical (unpaired) electrons.